The molecule has 1 aliphatic carbocycles. The van der Waals surface area contributed by atoms with Gasteiger partial charge in [0, 0.05) is 23.3 Å². The first-order chi connectivity index (χ1) is 7.03. The van der Waals surface area contributed by atoms with Gasteiger partial charge in [-0.15, -0.1) is 0 Å². The number of thioether (sulfide) groups is 1. The van der Waals surface area contributed by atoms with Gasteiger partial charge < -0.3 is 5.32 Å². The van der Waals surface area contributed by atoms with Crippen LogP contribution in [0.4, 0.5) is 0 Å². The molecule has 3 nitrogen and oxygen atoms in total. The lowest BCUT2D eigenvalue weighted by Crippen LogP contribution is -2.38. The van der Waals surface area contributed by atoms with E-state index in [0.717, 1.165) is 5.75 Å². The Hall–Kier alpha value is 0.260. The zero-order valence-electron chi connectivity index (χ0n) is 9.53. The molecule has 1 fully saturated rings. The summed E-state index contributed by atoms with van der Waals surface area (Å²) in [4.78, 5) is 0. The van der Waals surface area contributed by atoms with Gasteiger partial charge in [-0.25, -0.2) is 8.42 Å². The Bertz CT molecular complexity index is 277. The van der Waals surface area contributed by atoms with E-state index < -0.39 is 9.84 Å². The summed E-state index contributed by atoms with van der Waals surface area (Å²) < 4.78 is 22.0. The third kappa shape index (κ3) is 5.22. The van der Waals surface area contributed by atoms with Gasteiger partial charge in [-0.1, -0.05) is 12.8 Å². The number of nitrogens with one attached hydrogen (secondary N) is 1. The Balaban J connectivity index is 2.29. The van der Waals surface area contributed by atoms with Crippen LogP contribution in [0.15, 0.2) is 0 Å². The van der Waals surface area contributed by atoms with Gasteiger partial charge in [0.25, 0.3) is 0 Å². The predicted molar refractivity (Wildman–Crippen MR) is 67.3 cm³/mol. The third-order valence-electron chi connectivity index (χ3n) is 2.86. The normalized spacial score (nSPS) is 27.9. The minimum atomic E-state index is -2.79. The van der Waals surface area contributed by atoms with Crippen LogP contribution in [-0.2, 0) is 9.84 Å². The number of hydrogen-bond acceptors (Lipinski definition) is 4. The highest BCUT2D eigenvalue weighted by molar-refractivity contribution is 8.01. The fourth-order valence-corrected chi connectivity index (χ4v) is 4.71. The van der Waals surface area contributed by atoms with Crippen molar-refractivity contribution in [2.45, 2.75) is 37.0 Å². The van der Waals surface area contributed by atoms with Crippen LogP contribution in [0, 0.1) is 0 Å². The quantitative estimate of drug-likeness (QED) is 0.800. The molecule has 1 aliphatic rings. The summed E-state index contributed by atoms with van der Waals surface area (Å²) in [6, 6.07) is 0.573. The fraction of sp³-hybridized carbons (Fsp3) is 1.00. The van der Waals surface area contributed by atoms with Gasteiger partial charge in [-0.3, -0.25) is 0 Å². The lowest BCUT2D eigenvalue weighted by molar-refractivity contribution is 0.405. The first-order valence-corrected chi connectivity index (χ1v) is 8.60. The summed E-state index contributed by atoms with van der Waals surface area (Å²) in [5, 5.41) is 3.93. The maximum absolute atomic E-state index is 11.0. The molecule has 2 atom stereocenters. The van der Waals surface area contributed by atoms with Crippen molar-refractivity contribution in [3.63, 3.8) is 0 Å². The van der Waals surface area contributed by atoms with Gasteiger partial charge >= 0.3 is 0 Å². The van der Waals surface area contributed by atoms with E-state index in [1.807, 2.05) is 18.8 Å². The molecule has 0 bridgehead atoms. The minimum absolute atomic E-state index is 0.310. The maximum Gasteiger partial charge on any atom is 0.148 e. The van der Waals surface area contributed by atoms with Gasteiger partial charge in [0.1, 0.15) is 9.84 Å². The second kappa shape index (κ2) is 6.11. The summed E-state index contributed by atoms with van der Waals surface area (Å²) in [7, 11) is -0.790. The summed E-state index contributed by atoms with van der Waals surface area (Å²) >= 11 is 1.82. The molecule has 15 heavy (non-hydrogen) atoms. The summed E-state index contributed by atoms with van der Waals surface area (Å²) in [5.74, 6) is 1.05. The van der Waals surface area contributed by atoms with Crippen LogP contribution in [0.5, 0.6) is 0 Å². The molecule has 5 heteroatoms. The largest absolute Gasteiger partial charge is 0.316 e. The Morgan fingerprint density at radius 1 is 1.33 bits per heavy atom. The van der Waals surface area contributed by atoms with Crippen LogP contribution in [0.1, 0.15) is 25.7 Å². The Labute approximate surface area is 97.3 Å². The molecule has 90 valence electrons. The molecular formula is C10H21NO2S2. The van der Waals surface area contributed by atoms with Crippen molar-refractivity contribution in [1.82, 2.24) is 5.32 Å². The summed E-state index contributed by atoms with van der Waals surface area (Å²) in [6.07, 6.45) is 6.35. The van der Waals surface area contributed by atoms with Crippen LogP contribution in [-0.4, -0.2) is 44.5 Å². The Kier molecular flexibility index (Phi) is 5.43. The predicted octanol–water partition coefficient (Wildman–Crippen LogP) is 1.29. The topological polar surface area (TPSA) is 46.2 Å². The van der Waals surface area contributed by atoms with Crippen LogP contribution in [0.25, 0.3) is 0 Å². The molecular weight excluding hydrogens is 230 g/mol. The summed E-state index contributed by atoms with van der Waals surface area (Å²) in [6.45, 7) is 0. The summed E-state index contributed by atoms with van der Waals surface area (Å²) in [5.41, 5.74) is 0. The molecule has 0 aromatic carbocycles. The molecule has 0 spiro atoms. The second-order valence-electron chi connectivity index (χ2n) is 4.22. The van der Waals surface area contributed by atoms with Gasteiger partial charge in [0.05, 0.1) is 5.75 Å². The van der Waals surface area contributed by atoms with E-state index in [1.54, 1.807) is 0 Å². The molecule has 0 amide bonds. The first-order valence-electron chi connectivity index (χ1n) is 5.49. The standard InChI is InChI=1S/C10H21NO2S2/c1-11-9-5-3-4-6-10(9)14-7-8-15(2,12)13/h9-11H,3-8H2,1-2H3. The molecule has 0 saturated heterocycles. The van der Waals surface area contributed by atoms with Crippen molar-refractivity contribution >= 4 is 21.6 Å². The molecule has 2 unspecified atom stereocenters. The van der Waals surface area contributed by atoms with Crippen molar-refractivity contribution in [3.05, 3.63) is 0 Å². The molecule has 1 N–H and O–H groups in total. The van der Waals surface area contributed by atoms with Gasteiger partial charge in [-0.2, -0.15) is 11.8 Å². The van der Waals surface area contributed by atoms with Crippen molar-refractivity contribution in [3.8, 4) is 0 Å². The van der Waals surface area contributed by atoms with E-state index >= 15 is 0 Å². The molecule has 1 rings (SSSR count). The molecule has 0 aromatic rings. The Morgan fingerprint density at radius 2 is 2.00 bits per heavy atom. The smallest absolute Gasteiger partial charge is 0.148 e. The number of hydrogen-bond donors (Lipinski definition) is 1. The van der Waals surface area contributed by atoms with E-state index in [-0.39, 0.29) is 0 Å². The van der Waals surface area contributed by atoms with Crippen LogP contribution in [0.3, 0.4) is 0 Å². The molecule has 1 saturated carbocycles. The zero-order valence-corrected chi connectivity index (χ0v) is 11.2. The number of rotatable bonds is 5. The monoisotopic (exact) mass is 251 g/mol. The van der Waals surface area contributed by atoms with Crippen molar-refractivity contribution in [2.75, 3.05) is 24.8 Å². The highest BCUT2D eigenvalue weighted by Crippen LogP contribution is 2.28. The van der Waals surface area contributed by atoms with Crippen LogP contribution < -0.4 is 5.32 Å². The lowest BCUT2D eigenvalue weighted by Gasteiger charge is -2.30. The fourth-order valence-electron chi connectivity index (χ4n) is 1.98. The average Bonchev–Trinajstić information content (AvgIpc) is 2.16. The van der Waals surface area contributed by atoms with Crippen LogP contribution >= 0.6 is 11.8 Å². The van der Waals surface area contributed by atoms with E-state index in [9.17, 15) is 8.42 Å². The van der Waals surface area contributed by atoms with Gasteiger partial charge in [0.15, 0.2) is 0 Å². The van der Waals surface area contributed by atoms with Crippen molar-refractivity contribution in [2.24, 2.45) is 0 Å². The van der Waals surface area contributed by atoms with Crippen LogP contribution in [0.2, 0.25) is 0 Å². The van der Waals surface area contributed by atoms with E-state index in [4.69, 9.17) is 0 Å². The third-order valence-corrected chi connectivity index (χ3v) is 5.50. The average molecular weight is 251 g/mol. The highest BCUT2D eigenvalue weighted by Gasteiger charge is 2.23. The molecule has 0 heterocycles. The second-order valence-corrected chi connectivity index (χ2v) is 7.83. The molecule has 0 aliphatic heterocycles. The maximum atomic E-state index is 11.0. The number of sulfone groups is 1. The Morgan fingerprint density at radius 3 is 2.60 bits per heavy atom. The van der Waals surface area contributed by atoms with E-state index in [2.05, 4.69) is 5.32 Å². The van der Waals surface area contributed by atoms with Crippen molar-refractivity contribution < 1.29 is 8.42 Å². The SMILES string of the molecule is CNC1CCCCC1SCCS(C)(=O)=O. The van der Waals surface area contributed by atoms with E-state index in [0.29, 0.717) is 17.0 Å². The molecule has 0 radical (unpaired) electrons. The van der Waals surface area contributed by atoms with Gasteiger partial charge in [-0.05, 0) is 19.9 Å². The molecule has 0 aromatic heterocycles. The highest BCUT2D eigenvalue weighted by atomic mass is 32.2. The zero-order chi connectivity index (χ0) is 11.3. The first kappa shape index (κ1) is 13.3. The lowest BCUT2D eigenvalue weighted by atomic mass is 9.95. The van der Waals surface area contributed by atoms with E-state index in [1.165, 1.54) is 31.9 Å². The van der Waals surface area contributed by atoms with Gasteiger partial charge in [0.2, 0.25) is 0 Å². The van der Waals surface area contributed by atoms with Crippen molar-refractivity contribution in [1.29, 1.82) is 0 Å². The minimum Gasteiger partial charge on any atom is -0.316 e.